The number of nitrogens with zero attached hydrogens (tertiary/aromatic N) is 4. The predicted molar refractivity (Wildman–Crippen MR) is 84.6 cm³/mol. The fourth-order valence-corrected chi connectivity index (χ4v) is 2.25. The number of hydrogen-bond donors (Lipinski definition) is 2. The highest BCUT2D eigenvalue weighted by molar-refractivity contribution is 9.10. The molecule has 2 rings (SSSR count). The Bertz CT molecular complexity index is 820. The quantitative estimate of drug-likeness (QED) is 0.428. The Kier molecular flexibility index (Phi) is 5.08. The summed E-state index contributed by atoms with van der Waals surface area (Å²) < 4.78 is 1.43. The normalized spacial score (nSPS) is 10.4. The van der Waals surface area contributed by atoms with Crippen molar-refractivity contribution in [2.75, 3.05) is 5.32 Å². The third-order valence-electron chi connectivity index (χ3n) is 2.91. The van der Waals surface area contributed by atoms with Gasteiger partial charge in [0, 0.05) is 12.5 Å². The number of anilines is 1. The van der Waals surface area contributed by atoms with E-state index in [1.165, 1.54) is 16.9 Å². The molecule has 0 fully saturated rings. The summed E-state index contributed by atoms with van der Waals surface area (Å²) in [5.74, 6) is -1.29. The van der Waals surface area contributed by atoms with Crippen LogP contribution in [0.1, 0.15) is 6.42 Å². The van der Waals surface area contributed by atoms with Crippen molar-refractivity contribution in [3.63, 3.8) is 0 Å². The molecule has 1 aromatic carbocycles. The van der Waals surface area contributed by atoms with Gasteiger partial charge in [-0.3, -0.25) is 14.9 Å². The molecule has 0 atom stereocenters. The molecule has 0 radical (unpaired) electrons. The lowest BCUT2D eigenvalue weighted by Crippen LogP contribution is -2.15. The van der Waals surface area contributed by atoms with Gasteiger partial charge in [0.1, 0.15) is 10.2 Å². The van der Waals surface area contributed by atoms with E-state index < -0.39 is 21.5 Å². The number of nitrogens with one attached hydrogen (secondary N) is 1. The average Bonchev–Trinajstić information content (AvgIpc) is 2.88. The first-order valence-corrected chi connectivity index (χ1v) is 7.22. The van der Waals surface area contributed by atoms with Crippen LogP contribution in [0.3, 0.4) is 0 Å². The Morgan fingerprint density at radius 3 is 2.58 bits per heavy atom. The van der Waals surface area contributed by atoms with Gasteiger partial charge in [-0.1, -0.05) is 0 Å². The van der Waals surface area contributed by atoms with Crippen LogP contribution in [0.4, 0.5) is 17.2 Å². The molecule has 2 aromatic rings. The molecular formula is C12H10BrN5O6. The van der Waals surface area contributed by atoms with E-state index in [0.29, 0.717) is 0 Å². The maximum atomic E-state index is 11.8. The lowest BCUT2D eigenvalue weighted by Gasteiger charge is -2.06. The zero-order valence-corrected chi connectivity index (χ0v) is 13.5. The molecule has 0 saturated heterocycles. The number of carbonyl (C=O) groups excluding carboxylic acids is 1. The molecule has 126 valence electrons. The summed E-state index contributed by atoms with van der Waals surface area (Å²) in [6.07, 6.45) is 1.30. The molecule has 1 amide bonds. The highest BCUT2D eigenvalue weighted by atomic mass is 79.9. The van der Waals surface area contributed by atoms with Gasteiger partial charge in [0.2, 0.25) is 5.91 Å². The Morgan fingerprint density at radius 2 is 2.04 bits per heavy atom. The number of hydrogen-bond acceptors (Lipinski definition) is 7. The number of nitro benzene ring substituents is 1. The number of phenolic OH excluding ortho intramolecular Hbond substituents is 1. The second-order valence-corrected chi connectivity index (χ2v) is 5.43. The molecule has 0 unspecified atom stereocenters. The monoisotopic (exact) mass is 399 g/mol. The smallest absolute Gasteiger partial charge is 0.404 e. The summed E-state index contributed by atoms with van der Waals surface area (Å²) in [5, 5.41) is 37.0. The number of amides is 1. The van der Waals surface area contributed by atoms with Crippen LogP contribution in [-0.4, -0.2) is 30.6 Å². The van der Waals surface area contributed by atoms with E-state index >= 15 is 0 Å². The zero-order valence-electron chi connectivity index (χ0n) is 11.9. The molecule has 12 heteroatoms. The number of aromatic nitrogens is 2. The van der Waals surface area contributed by atoms with E-state index in [1.54, 1.807) is 0 Å². The van der Waals surface area contributed by atoms with Crippen LogP contribution in [0, 0.1) is 20.2 Å². The van der Waals surface area contributed by atoms with Crippen molar-refractivity contribution in [3.8, 4) is 5.75 Å². The fraction of sp³-hybridized carbons (Fsp3) is 0.167. The van der Waals surface area contributed by atoms with Gasteiger partial charge >= 0.3 is 5.82 Å². The van der Waals surface area contributed by atoms with Gasteiger partial charge in [-0.15, -0.1) is 0 Å². The van der Waals surface area contributed by atoms with E-state index in [9.17, 15) is 30.1 Å². The first-order valence-electron chi connectivity index (χ1n) is 6.42. The summed E-state index contributed by atoms with van der Waals surface area (Å²) in [7, 11) is 0. The number of halogens is 1. The lowest BCUT2D eigenvalue weighted by atomic mass is 10.2. The standard InChI is InChI=1S/C12H10BrN5O6/c13-8-6-16(15-12(8)18(23)24)4-3-11(20)14-9-2-1-7(17(21)22)5-10(9)19/h1-2,5-6,19H,3-4H2,(H,14,20). The first-order chi connectivity index (χ1) is 11.3. The summed E-state index contributed by atoms with van der Waals surface area (Å²) >= 11 is 2.99. The van der Waals surface area contributed by atoms with Gasteiger partial charge in [-0.25, -0.2) is 0 Å². The summed E-state index contributed by atoms with van der Waals surface area (Å²) in [6.45, 7) is 0.0754. The van der Waals surface area contributed by atoms with Crippen molar-refractivity contribution in [2.24, 2.45) is 0 Å². The van der Waals surface area contributed by atoms with Crippen LogP contribution < -0.4 is 5.32 Å². The average molecular weight is 400 g/mol. The highest BCUT2D eigenvalue weighted by Gasteiger charge is 2.19. The third kappa shape index (κ3) is 4.04. The number of non-ortho nitro benzene ring substituents is 1. The SMILES string of the molecule is O=C(CCn1cc(Br)c([N+](=O)[O-])n1)Nc1ccc([N+](=O)[O-])cc1O. The number of carbonyl (C=O) groups is 1. The summed E-state index contributed by atoms with van der Waals surface area (Å²) in [5.41, 5.74) is -0.280. The van der Waals surface area contributed by atoms with E-state index in [4.69, 9.17) is 0 Å². The van der Waals surface area contributed by atoms with E-state index in [1.807, 2.05) is 0 Å². The molecule has 0 spiro atoms. The van der Waals surface area contributed by atoms with E-state index in [-0.39, 0.29) is 34.6 Å². The molecule has 0 aliphatic heterocycles. The molecule has 2 N–H and O–H groups in total. The summed E-state index contributed by atoms with van der Waals surface area (Å²) in [6, 6.07) is 3.27. The van der Waals surface area contributed by atoms with Crippen molar-refractivity contribution >= 4 is 39.0 Å². The molecule has 11 nitrogen and oxygen atoms in total. The van der Waals surface area contributed by atoms with Crippen LogP contribution in [0.2, 0.25) is 0 Å². The lowest BCUT2D eigenvalue weighted by molar-refractivity contribution is -0.390. The molecular weight excluding hydrogens is 390 g/mol. The Hall–Kier alpha value is -3.02. The van der Waals surface area contributed by atoms with Crippen molar-refractivity contribution in [2.45, 2.75) is 13.0 Å². The topological polar surface area (TPSA) is 153 Å². The minimum Gasteiger partial charge on any atom is -0.506 e. The maximum absolute atomic E-state index is 11.8. The number of benzene rings is 1. The van der Waals surface area contributed by atoms with Gasteiger partial charge in [-0.2, -0.15) is 4.68 Å². The van der Waals surface area contributed by atoms with Crippen LogP contribution in [-0.2, 0) is 11.3 Å². The van der Waals surface area contributed by atoms with Crippen molar-refractivity contribution in [3.05, 3.63) is 49.1 Å². The third-order valence-corrected chi connectivity index (χ3v) is 3.47. The molecule has 0 aliphatic carbocycles. The highest BCUT2D eigenvalue weighted by Crippen LogP contribution is 2.28. The Labute approximate surface area is 142 Å². The van der Waals surface area contributed by atoms with E-state index in [2.05, 4.69) is 26.3 Å². The maximum Gasteiger partial charge on any atom is 0.404 e. The first kappa shape index (κ1) is 17.3. The molecule has 1 aromatic heterocycles. The minimum atomic E-state index is -0.673. The van der Waals surface area contributed by atoms with Crippen molar-refractivity contribution in [1.82, 2.24) is 9.78 Å². The minimum absolute atomic E-state index is 0.0261. The molecule has 0 aliphatic rings. The van der Waals surface area contributed by atoms with Gasteiger partial charge in [-0.05, 0) is 26.9 Å². The van der Waals surface area contributed by atoms with Crippen LogP contribution in [0.25, 0.3) is 0 Å². The number of aromatic hydroxyl groups is 1. The number of phenols is 1. The fourth-order valence-electron chi connectivity index (χ4n) is 1.79. The molecule has 0 bridgehead atoms. The Balaban J connectivity index is 1.97. The van der Waals surface area contributed by atoms with Crippen LogP contribution in [0.5, 0.6) is 5.75 Å². The van der Waals surface area contributed by atoms with Gasteiger partial charge in [0.25, 0.3) is 5.69 Å². The second-order valence-electron chi connectivity index (χ2n) is 4.58. The number of rotatable bonds is 6. The van der Waals surface area contributed by atoms with Crippen LogP contribution >= 0.6 is 15.9 Å². The van der Waals surface area contributed by atoms with Crippen molar-refractivity contribution < 1.29 is 19.7 Å². The van der Waals surface area contributed by atoms with Gasteiger partial charge in [0.15, 0.2) is 0 Å². The van der Waals surface area contributed by atoms with E-state index in [0.717, 1.165) is 12.1 Å². The molecule has 0 saturated carbocycles. The predicted octanol–water partition coefficient (Wildman–Crippen LogP) is 2.20. The largest absolute Gasteiger partial charge is 0.506 e. The van der Waals surface area contributed by atoms with Crippen molar-refractivity contribution in [1.29, 1.82) is 0 Å². The van der Waals surface area contributed by atoms with Gasteiger partial charge < -0.3 is 20.5 Å². The molecule has 1 heterocycles. The zero-order chi connectivity index (χ0) is 17.9. The molecule has 24 heavy (non-hydrogen) atoms. The van der Waals surface area contributed by atoms with Gasteiger partial charge in [0.05, 0.1) is 34.5 Å². The summed E-state index contributed by atoms with van der Waals surface area (Å²) in [4.78, 5) is 31.8. The second kappa shape index (κ2) is 7.04. The number of nitro groups is 2. The number of aryl methyl sites for hydroxylation is 1. The Morgan fingerprint density at radius 1 is 1.33 bits per heavy atom. The van der Waals surface area contributed by atoms with Crippen LogP contribution in [0.15, 0.2) is 28.9 Å².